The Morgan fingerprint density at radius 1 is 1.08 bits per heavy atom. The van der Waals surface area contributed by atoms with Gasteiger partial charge in [0.2, 0.25) is 0 Å². The fourth-order valence-corrected chi connectivity index (χ4v) is 3.34. The van der Waals surface area contributed by atoms with Gasteiger partial charge in [0.05, 0.1) is 10.0 Å². The van der Waals surface area contributed by atoms with Gasteiger partial charge in [0.15, 0.2) is 0 Å². The van der Waals surface area contributed by atoms with Crippen molar-refractivity contribution in [3.8, 4) is 0 Å². The van der Waals surface area contributed by atoms with E-state index in [0.717, 1.165) is 19.6 Å². The van der Waals surface area contributed by atoms with Gasteiger partial charge in [0.25, 0.3) is 5.91 Å². The largest absolute Gasteiger partial charge is 0.336 e. The molecule has 1 aliphatic heterocycles. The SMILES string of the molecule is CC1CN(C(=O)c2ccc(Cl)c(Cl)c2)CCN1Cc1ccccc1. The molecule has 1 saturated heterocycles. The lowest BCUT2D eigenvalue weighted by Crippen LogP contribution is -2.53. The van der Waals surface area contributed by atoms with Crippen molar-refractivity contribution >= 4 is 29.1 Å². The summed E-state index contributed by atoms with van der Waals surface area (Å²) < 4.78 is 0. The number of hydrogen-bond acceptors (Lipinski definition) is 2. The fourth-order valence-electron chi connectivity index (χ4n) is 3.04. The summed E-state index contributed by atoms with van der Waals surface area (Å²) in [7, 11) is 0. The molecule has 1 heterocycles. The molecule has 3 nitrogen and oxygen atoms in total. The summed E-state index contributed by atoms with van der Waals surface area (Å²) in [4.78, 5) is 17.0. The van der Waals surface area contributed by atoms with Crippen LogP contribution < -0.4 is 0 Å². The highest BCUT2D eigenvalue weighted by Gasteiger charge is 2.27. The molecule has 1 amide bonds. The molecule has 1 fully saturated rings. The summed E-state index contributed by atoms with van der Waals surface area (Å²) in [5.41, 5.74) is 1.89. The number of rotatable bonds is 3. The Labute approximate surface area is 152 Å². The molecule has 1 unspecified atom stereocenters. The average Bonchev–Trinajstić information content (AvgIpc) is 2.59. The van der Waals surface area contributed by atoms with E-state index in [-0.39, 0.29) is 5.91 Å². The lowest BCUT2D eigenvalue weighted by atomic mass is 10.1. The average molecular weight is 363 g/mol. The Kier molecular flexibility index (Phi) is 5.44. The maximum atomic E-state index is 12.7. The minimum absolute atomic E-state index is 0.0137. The highest BCUT2D eigenvalue weighted by molar-refractivity contribution is 6.42. The number of halogens is 2. The van der Waals surface area contributed by atoms with E-state index >= 15 is 0 Å². The first-order valence-electron chi connectivity index (χ1n) is 8.07. The topological polar surface area (TPSA) is 23.6 Å². The molecule has 0 spiro atoms. The van der Waals surface area contributed by atoms with Crippen LogP contribution in [0.2, 0.25) is 10.0 Å². The zero-order valence-electron chi connectivity index (χ0n) is 13.6. The van der Waals surface area contributed by atoms with Crippen molar-refractivity contribution in [3.05, 3.63) is 69.7 Å². The first kappa shape index (κ1) is 17.3. The minimum Gasteiger partial charge on any atom is -0.336 e. The van der Waals surface area contributed by atoms with Crippen molar-refractivity contribution in [2.24, 2.45) is 0 Å². The van der Waals surface area contributed by atoms with Gasteiger partial charge in [-0.05, 0) is 30.7 Å². The van der Waals surface area contributed by atoms with Crippen LogP contribution in [0.1, 0.15) is 22.8 Å². The molecule has 1 atom stereocenters. The predicted molar refractivity (Wildman–Crippen MR) is 98.7 cm³/mol. The van der Waals surface area contributed by atoms with Crippen LogP contribution >= 0.6 is 23.2 Å². The monoisotopic (exact) mass is 362 g/mol. The van der Waals surface area contributed by atoms with Gasteiger partial charge >= 0.3 is 0 Å². The second-order valence-electron chi connectivity index (χ2n) is 6.19. The van der Waals surface area contributed by atoms with Crippen molar-refractivity contribution in [3.63, 3.8) is 0 Å². The summed E-state index contributed by atoms with van der Waals surface area (Å²) in [5.74, 6) is 0.0137. The summed E-state index contributed by atoms with van der Waals surface area (Å²) in [6.07, 6.45) is 0. The third-order valence-electron chi connectivity index (χ3n) is 4.45. The van der Waals surface area contributed by atoms with Crippen LogP contribution in [0.25, 0.3) is 0 Å². The molecule has 3 rings (SSSR count). The van der Waals surface area contributed by atoms with E-state index in [2.05, 4.69) is 36.1 Å². The van der Waals surface area contributed by atoms with E-state index in [4.69, 9.17) is 23.2 Å². The van der Waals surface area contributed by atoms with Crippen molar-refractivity contribution in [1.29, 1.82) is 0 Å². The van der Waals surface area contributed by atoms with Gasteiger partial charge < -0.3 is 4.90 Å². The maximum absolute atomic E-state index is 12.7. The Balaban J connectivity index is 1.64. The van der Waals surface area contributed by atoms with Gasteiger partial charge in [-0.2, -0.15) is 0 Å². The Morgan fingerprint density at radius 2 is 1.83 bits per heavy atom. The molecule has 0 bridgehead atoms. The Hall–Kier alpha value is -1.55. The second kappa shape index (κ2) is 7.56. The Bertz CT molecular complexity index is 721. The highest BCUT2D eigenvalue weighted by Crippen LogP contribution is 2.24. The van der Waals surface area contributed by atoms with Crippen molar-refractivity contribution in [2.75, 3.05) is 19.6 Å². The number of benzene rings is 2. The predicted octanol–water partition coefficient (Wildman–Crippen LogP) is 4.34. The van der Waals surface area contributed by atoms with Gasteiger partial charge in [-0.1, -0.05) is 53.5 Å². The van der Waals surface area contributed by atoms with E-state index in [1.165, 1.54) is 5.56 Å². The second-order valence-corrected chi connectivity index (χ2v) is 7.00. The standard InChI is InChI=1S/C19H20Cl2N2O/c1-14-12-23(19(24)16-7-8-17(20)18(21)11-16)10-9-22(14)13-15-5-3-2-4-6-15/h2-8,11,14H,9-10,12-13H2,1H3. The number of nitrogens with zero attached hydrogens (tertiary/aromatic N) is 2. The van der Waals surface area contributed by atoms with E-state index in [1.807, 2.05) is 11.0 Å². The molecule has 1 aliphatic rings. The van der Waals surface area contributed by atoms with Gasteiger partial charge in [-0.15, -0.1) is 0 Å². The molecule has 2 aromatic carbocycles. The fraction of sp³-hybridized carbons (Fsp3) is 0.316. The van der Waals surface area contributed by atoms with E-state index < -0.39 is 0 Å². The molecule has 0 N–H and O–H groups in total. The van der Waals surface area contributed by atoms with Crippen LogP contribution in [0.15, 0.2) is 48.5 Å². The summed E-state index contributed by atoms with van der Waals surface area (Å²) in [5, 5.41) is 0.882. The maximum Gasteiger partial charge on any atom is 0.254 e. The van der Waals surface area contributed by atoms with Crippen LogP contribution in [-0.2, 0) is 6.54 Å². The summed E-state index contributed by atoms with van der Waals surface area (Å²) in [6.45, 7) is 5.37. The van der Waals surface area contributed by atoms with E-state index in [0.29, 0.717) is 28.2 Å². The van der Waals surface area contributed by atoms with Crippen LogP contribution in [-0.4, -0.2) is 41.4 Å². The minimum atomic E-state index is 0.0137. The van der Waals surface area contributed by atoms with Crippen LogP contribution in [0.3, 0.4) is 0 Å². The van der Waals surface area contributed by atoms with Gasteiger partial charge in [-0.3, -0.25) is 9.69 Å². The van der Waals surface area contributed by atoms with Crippen molar-refractivity contribution in [2.45, 2.75) is 19.5 Å². The van der Waals surface area contributed by atoms with E-state index in [1.54, 1.807) is 18.2 Å². The van der Waals surface area contributed by atoms with Gasteiger partial charge in [-0.25, -0.2) is 0 Å². The third kappa shape index (κ3) is 3.92. The third-order valence-corrected chi connectivity index (χ3v) is 5.19. The normalized spacial score (nSPS) is 18.6. The molecule has 0 aromatic heterocycles. The molecule has 2 aromatic rings. The molecule has 0 aliphatic carbocycles. The zero-order chi connectivity index (χ0) is 17.1. The molecule has 5 heteroatoms. The number of hydrogen-bond donors (Lipinski definition) is 0. The zero-order valence-corrected chi connectivity index (χ0v) is 15.1. The lowest BCUT2D eigenvalue weighted by molar-refractivity contribution is 0.0495. The van der Waals surface area contributed by atoms with Crippen molar-refractivity contribution < 1.29 is 4.79 Å². The highest BCUT2D eigenvalue weighted by atomic mass is 35.5. The molecule has 0 saturated carbocycles. The molecule has 0 radical (unpaired) electrons. The Morgan fingerprint density at radius 3 is 2.50 bits per heavy atom. The quantitative estimate of drug-likeness (QED) is 0.810. The molecule has 24 heavy (non-hydrogen) atoms. The molecular formula is C19H20Cl2N2O. The smallest absolute Gasteiger partial charge is 0.254 e. The number of amides is 1. The number of carbonyl (C=O) groups excluding carboxylic acids is 1. The summed E-state index contributed by atoms with van der Waals surface area (Å²) >= 11 is 12.0. The van der Waals surface area contributed by atoms with E-state index in [9.17, 15) is 4.79 Å². The van der Waals surface area contributed by atoms with Crippen LogP contribution in [0.4, 0.5) is 0 Å². The van der Waals surface area contributed by atoms with Crippen LogP contribution in [0.5, 0.6) is 0 Å². The first-order valence-corrected chi connectivity index (χ1v) is 8.82. The lowest BCUT2D eigenvalue weighted by Gasteiger charge is -2.40. The molecule has 126 valence electrons. The van der Waals surface area contributed by atoms with Crippen LogP contribution in [0, 0.1) is 0 Å². The molecular weight excluding hydrogens is 343 g/mol. The van der Waals surface area contributed by atoms with Gasteiger partial charge in [0.1, 0.15) is 0 Å². The van der Waals surface area contributed by atoms with Crippen molar-refractivity contribution in [1.82, 2.24) is 9.80 Å². The first-order chi connectivity index (χ1) is 11.5. The number of piperazine rings is 1. The summed E-state index contributed by atoms with van der Waals surface area (Å²) in [6, 6.07) is 15.8. The number of carbonyl (C=O) groups is 1. The van der Waals surface area contributed by atoms with Gasteiger partial charge in [0, 0.05) is 37.8 Å².